The van der Waals surface area contributed by atoms with E-state index < -0.39 is 6.10 Å². The monoisotopic (exact) mass is 620 g/mol. The third-order valence-electron chi connectivity index (χ3n) is 8.76. The highest BCUT2D eigenvalue weighted by molar-refractivity contribution is 5.84. The van der Waals surface area contributed by atoms with Crippen molar-refractivity contribution in [1.29, 1.82) is 0 Å². The van der Waals surface area contributed by atoms with Gasteiger partial charge in [-0.15, -0.1) is 0 Å². The van der Waals surface area contributed by atoms with Gasteiger partial charge >= 0.3 is 0 Å². The molecule has 0 unspecified atom stereocenters. The van der Waals surface area contributed by atoms with Crippen molar-refractivity contribution in [2.75, 3.05) is 7.11 Å². The van der Waals surface area contributed by atoms with Crippen molar-refractivity contribution in [2.24, 2.45) is 11.8 Å². The zero-order chi connectivity index (χ0) is 32.3. The molecule has 0 bridgehead atoms. The first-order valence-electron chi connectivity index (χ1n) is 16.2. The van der Waals surface area contributed by atoms with Crippen LogP contribution in [0.2, 0.25) is 0 Å². The minimum Gasteiger partial charge on any atom is -0.508 e. The number of aryl methyl sites for hydroxylation is 2. The molecule has 0 heterocycles. The molecule has 1 aliphatic rings. The number of Topliss-reactive ketones (excluding diaryl/α,β-unsaturated/α-hetero) is 1. The van der Waals surface area contributed by atoms with Gasteiger partial charge in [-0.1, -0.05) is 67.1 Å². The maximum atomic E-state index is 12.9. The first-order chi connectivity index (χ1) is 22.4. The molecule has 0 fully saturated rings. The number of benzene rings is 4. The van der Waals surface area contributed by atoms with Crippen LogP contribution in [0, 0.1) is 11.8 Å². The summed E-state index contributed by atoms with van der Waals surface area (Å²) in [6.07, 6.45) is 10.4. The summed E-state index contributed by atoms with van der Waals surface area (Å²) >= 11 is 0. The molecular weight excluding hydrogens is 576 g/mol. The SMILES string of the molecule is COc1ccc(CCC(=O)C[C@@H](O)C[C@H]2C=C(O)C=C[C@@H]2CCCCc2ccccc2)cc1OCc1ccc2cc(O)ccc2c1. The number of rotatable bonds is 16. The lowest BCUT2D eigenvalue weighted by Gasteiger charge is -2.27. The second kappa shape index (κ2) is 16.1. The fourth-order valence-corrected chi connectivity index (χ4v) is 6.24. The van der Waals surface area contributed by atoms with Gasteiger partial charge in [-0.2, -0.15) is 0 Å². The molecule has 6 heteroatoms. The van der Waals surface area contributed by atoms with Crippen LogP contribution in [-0.2, 0) is 24.2 Å². The van der Waals surface area contributed by atoms with Gasteiger partial charge < -0.3 is 24.8 Å². The number of aromatic hydroxyl groups is 1. The molecule has 0 saturated heterocycles. The van der Waals surface area contributed by atoms with E-state index in [1.165, 1.54) is 5.56 Å². The molecule has 3 atom stereocenters. The van der Waals surface area contributed by atoms with Gasteiger partial charge in [-0.25, -0.2) is 0 Å². The van der Waals surface area contributed by atoms with Gasteiger partial charge in [0.25, 0.3) is 0 Å². The minimum atomic E-state index is -0.763. The number of phenols is 1. The molecule has 1 aliphatic carbocycles. The van der Waals surface area contributed by atoms with Crippen molar-refractivity contribution in [1.82, 2.24) is 0 Å². The number of allylic oxidation sites excluding steroid dienone is 3. The van der Waals surface area contributed by atoms with Gasteiger partial charge in [0.1, 0.15) is 23.9 Å². The highest BCUT2D eigenvalue weighted by Gasteiger charge is 2.24. The van der Waals surface area contributed by atoms with E-state index in [0.29, 0.717) is 37.4 Å². The number of hydrogen-bond acceptors (Lipinski definition) is 6. The Balaban J connectivity index is 1.09. The molecule has 0 saturated carbocycles. The Morgan fingerprint density at radius 2 is 1.59 bits per heavy atom. The lowest BCUT2D eigenvalue weighted by atomic mass is 9.80. The molecular formula is C40H44O6. The molecule has 0 radical (unpaired) electrons. The Hall–Kier alpha value is -4.55. The van der Waals surface area contributed by atoms with Gasteiger partial charge in [0.2, 0.25) is 0 Å². The number of ketones is 1. The van der Waals surface area contributed by atoms with Crippen LogP contribution in [0.5, 0.6) is 17.2 Å². The van der Waals surface area contributed by atoms with E-state index in [1.807, 2.05) is 60.7 Å². The lowest BCUT2D eigenvalue weighted by Crippen LogP contribution is -2.23. The van der Waals surface area contributed by atoms with Gasteiger partial charge in [0.05, 0.1) is 13.2 Å². The van der Waals surface area contributed by atoms with E-state index in [0.717, 1.165) is 47.6 Å². The number of fused-ring (bicyclic) bond motifs is 1. The highest BCUT2D eigenvalue weighted by Crippen LogP contribution is 2.32. The largest absolute Gasteiger partial charge is 0.508 e. The van der Waals surface area contributed by atoms with Crippen LogP contribution >= 0.6 is 0 Å². The molecule has 240 valence electrons. The summed E-state index contributed by atoms with van der Waals surface area (Å²) in [6.45, 7) is 0.343. The number of hydrogen-bond donors (Lipinski definition) is 3. The summed E-state index contributed by atoms with van der Waals surface area (Å²) in [4.78, 5) is 12.9. The molecule has 5 rings (SSSR count). The van der Waals surface area contributed by atoms with Gasteiger partial charge in [0.15, 0.2) is 11.5 Å². The fraction of sp³-hybridized carbons (Fsp3) is 0.325. The molecule has 0 aromatic heterocycles. The van der Waals surface area contributed by atoms with Crippen LogP contribution in [0.3, 0.4) is 0 Å². The third kappa shape index (κ3) is 9.48. The number of aliphatic hydroxyl groups is 2. The standard InChI is InChI=1S/C40H44O6/c1-45-39-20-13-29(22-40(39)46-27-30-11-14-33-23-35(41)19-16-32(33)21-30)12-17-37(43)26-38(44)25-34-24-36(42)18-15-31(34)10-6-5-9-28-7-3-2-4-8-28/h2-4,7-8,11,13-16,18-24,31,34,38,41-42,44H,5-6,9-10,12,17,25-27H2,1H3/t31-,34+,38-/m0/s1. The Labute approximate surface area is 271 Å². The summed E-state index contributed by atoms with van der Waals surface area (Å²) in [5.74, 6) is 1.92. The van der Waals surface area contributed by atoms with E-state index in [1.54, 1.807) is 25.3 Å². The Morgan fingerprint density at radius 3 is 2.41 bits per heavy atom. The van der Waals surface area contributed by atoms with Crippen LogP contribution in [0.1, 0.15) is 55.2 Å². The highest BCUT2D eigenvalue weighted by atomic mass is 16.5. The number of carbonyl (C=O) groups excluding carboxylic acids is 1. The first-order valence-corrected chi connectivity index (χ1v) is 16.2. The maximum absolute atomic E-state index is 12.9. The smallest absolute Gasteiger partial charge is 0.161 e. The van der Waals surface area contributed by atoms with Crippen LogP contribution in [-0.4, -0.2) is 34.3 Å². The molecule has 4 aromatic carbocycles. The Kier molecular flexibility index (Phi) is 11.5. The zero-order valence-corrected chi connectivity index (χ0v) is 26.5. The van der Waals surface area contributed by atoms with Crippen molar-refractivity contribution in [3.63, 3.8) is 0 Å². The van der Waals surface area contributed by atoms with Crippen molar-refractivity contribution in [3.8, 4) is 17.2 Å². The second-order valence-corrected chi connectivity index (χ2v) is 12.3. The molecule has 0 amide bonds. The summed E-state index contributed by atoms with van der Waals surface area (Å²) in [5, 5.41) is 32.7. The average molecular weight is 621 g/mol. The van der Waals surface area contributed by atoms with E-state index >= 15 is 0 Å². The van der Waals surface area contributed by atoms with E-state index in [9.17, 15) is 20.1 Å². The zero-order valence-electron chi connectivity index (χ0n) is 26.5. The molecule has 0 aliphatic heterocycles. The van der Waals surface area contributed by atoms with Crippen molar-refractivity contribution in [2.45, 2.75) is 64.1 Å². The summed E-state index contributed by atoms with van der Waals surface area (Å²) < 4.78 is 11.6. The molecule has 46 heavy (non-hydrogen) atoms. The van der Waals surface area contributed by atoms with Crippen LogP contribution in [0.4, 0.5) is 0 Å². The number of aliphatic hydroxyl groups excluding tert-OH is 2. The number of ether oxygens (including phenoxy) is 2. The summed E-state index contributed by atoms with van der Waals surface area (Å²) in [6, 6.07) is 27.4. The quantitative estimate of drug-likeness (QED) is 0.109. The van der Waals surface area contributed by atoms with Gasteiger partial charge in [-0.05, 0) is 114 Å². The number of carbonyl (C=O) groups is 1. The summed E-state index contributed by atoms with van der Waals surface area (Å²) in [5.41, 5.74) is 3.28. The third-order valence-corrected chi connectivity index (χ3v) is 8.76. The number of unbranched alkanes of at least 4 members (excludes halogenated alkanes) is 1. The van der Waals surface area contributed by atoms with E-state index in [-0.39, 0.29) is 35.5 Å². The summed E-state index contributed by atoms with van der Waals surface area (Å²) in [7, 11) is 1.60. The number of phenolic OH excluding ortho intramolecular Hbond substituents is 1. The predicted molar refractivity (Wildman–Crippen MR) is 182 cm³/mol. The Morgan fingerprint density at radius 1 is 0.804 bits per heavy atom. The Bertz CT molecular complexity index is 1660. The lowest BCUT2D eigenvalue weighted by molar-refractivity contribution is -0.121. The predicted octanol–water partition coefficient (Wildman–Crippen LogP) is 8.43. The molecule has 4 aromatic rings. The normalized spacial score (nSPS) is 16.6. The maximum Gasteiger partial charge on any atom is 0.161 e. The van der Waals surface area contributed by atoms with Gasteiger partial charge in [-0.3, -0.25) is 4.79 Å². The molecule has 3 N–H and O–H groups in total. The van der Waals surface area contributed by atoms with E-state index in [2.05, 4.69) is 24.3 Å². The van der Waals surface area contributed by atoms with Crippen molar-refractivity contribution >= 4 is 16.6 Å². The molecule has 6 nitrogen and oxygen atoms in total. The van der Waals surface area contributed by atoms with E-state index in [4.69, 9.17) is 9.47 Å². The van der Waals surface area contributed by atoms with Crippen LogP contribution < -0.4 is 9.47 Å². The topological polar surface area (TPSA) is 96.2 Å². The van der Waals surface area contributed by atoms with Crippen molar-refractivity contribution < 1.29 is 29.6 Å². The fourth-order valence-electron chi connectivity index (χ4n) is 6.24. The molecule has 0 spiro atoms. The average Bonchev–Trinajstić information content (AvgIpc) is 3.06. The van der Waals surface area contributed by atoms with Crippen LogP contribution in [0.25, 0.3) is 10.8 Å². The van der Waals surface area contributed by atoms with Gasteiger partial charge in [0, 0.05) is 12.8 Å². The number of methoxy groups -OCH3 is 1. The van der Waals surface area contributed by atoms with Crippen LogP contribution in [0.15, 0.2) is 109 Å². The first kappa shape index (κ1) is 32.8. The minimum absolute atomic E-state index is 0.000531. The second-order valence-electron chi connectivity index (χ2n) is 12.3. The van der Waals surface area contributed by atoms with Crippen molar-refractivity contribution in [3.05, 3.63) is 126 Å².